The highest BCUT2D eigenvalue weighted by Gasteiger charge is 2.10. The number of nitrogens with zero attached hydrogens (tertiary/aromatic N) is 2. The highest BCUT2D eigenvalue weighted by Crippen LogP contribution is 2.14. The SMILES string of the molecule is CCC(CNC(=NC)NCc1ccc(Cl)nc1)Oc1cccc(F)c1. The van der Waals surface area contributed by atoms with Crippen LogP contribution in [0.4, 0.5) is 4.39 Å². The third kappa shape index (κ3) is 6.58. The Hall–Kier alpha value is -2.34. The summed E-state index contributed by atoms with van der Waals surface area (Å²) in [7, 11) is 1.70. The molecule has 0 bridgehead atoms. The average Bonchev–Trinajstić information content (AvgIpc) is 2.62. The molecule has 134 valence electrons. The number of guanidine groups is 1. The van der Waals surface area contributed by atoms with Crippen molar-refractivity contribution in [3.63, 3.8) is 0 Å². The molecule has 0 fully saturated rings. The lowest BCUT2D eigenvalue weighted by Crippen LogP contribution is -2.42. The van der Waals surface area contributed by atoms with Gasteiger partial charge in [-0.2, -0.15) is 0 Å². The van der Waals surface area contributed by atoms with Crippen molar-refractivity contribution in [1.82, 2.24) is 15.6 Å². The summed E-state index contributed by atoms with van der Waals surface area (Å²) < 4.78 is 19.0. The number of hydrogen-bond donors (Lipinski definition) is 2. The molecule has 0 amide bonds. The van der Waals surface area contributed by atoms with Gasteiger partial charge in [-0.15, -0.1) is 0 Å². The highest BCUT2D eigenvalue weighted by molar-refractivity contribution is 6.29. The first kappa shape index (κ1) is 19.0. The van der Waals surface area contributed by atoms with E-state index in [1.807, 2.05) is 13.0 Å². The Morgan fingerprint density at radius 3 is 2.80 bits per heavy atom. The number of aromatic nitrogens is 1. The summed E-state index contributed by atoms with van der Waals surface area (Å²) in [5, 5.41) is 6.87. The molecule has 2 aromatic rings. The van der Waals surface area contributed by atoms with Gasteiger partial charge >= 0.3 is 0 Å². The second kappa shape index (κ2) is 9.84. The molecule has 25 heavy (non-hydrogen) atoms. The lowest BCUT2D eigenvalue weighted by molar-refractivity contribution is 0.199. The largest absolute Gasteiger partial charge is 0.489 e. The maximum absolute atomic E-state index is 13.2. The van der Waals surface area contributed by atoms with Crippen LogP contribution in [0.15, 0.2) is 47.6 Å². The van der Waals surface area contributed by atoms with Crippen LogP contribution in [0, 0.1) is 5.82 Å². The predicted molar refractivity (Wildman–Crippen MR) is 98.6 cm³/mol. The summed E-state index contributed by atoms with van der Waals surface area (Å²) in [4.78, 5) is 8.22. The van der Waals surface area contributed by atoms with Crippen LogP contribution in [-0.4, -0.2) is 30.6 Å². The van der Waals surface area contributed by atoms with Gasteiger partial charge in [0.2, 0.25) is 0 Å². The van der Waals surface area contributed by atoms with E-state index in [1.54, 1.807) is 31.4 Å². The van der Waals surface area contributed by atoms with Crippen molar-refractivity contribution in [3.8, 4) is 5.75 Å². The monoisotopic (exact) mass is 364 g/mol. The van der Waals surface area contributed by atoms with E-state index in [-0.39, 0.29) is 11.9 Å². The van der Waals surface area contributed by atoms with Crippen LogP contribution < -0.4 is 15.4 Å². The van der Waals surface area contributed by atoms with Gasteiger partial charge in [-0.3, -0.25) is 4.99 Å². The molecule has 1 aromatic heterocycles. The molecule has 0 aliphatic rings. The zero-order valence-electron chi connectivity index (χ0n) is 14.3. The lowest BCUT2D eigenvalue weighted by Gasteiger charge is -2.20. The molecule has 0 spiro atoms. The Balaban J connectivity index is 1.82. The van der Waals surface area contributed by atoms with Crippen LogP contribution >= 0.6 is 11.6 Å². The quantitative estimate of drug-likeness (QED) is 0.449. The molecule has 7 heteroatoms. The number of benzene rings is 1. The standard InChI is InChI=1S/C18H22ClFN4O/c1-3-15(25-16-6-4-5-14(20)9-16)12-24-18(21-2)23-11-13-7-8-17(19)22-10-13/h4-10,15H,3,11-12H2,1-2H3,(H2,21,23,24). The summed E-state index contributed by atoms with van der Waals surface area (Å²) >= 11 is 5.77. The van der Waals surface area contributed by atoms with E-state index in [4.69, 9.17) is 16.3 Å². The van der Waals surface area contributed by atoms with Crippen LogP contribution in [0.3, 0.4) is 0 Å². The van der Waals surface area contributed by atoms with Crippen molar-refractivity contribution >= 4 is 17.6 Å². The fraction of sp³-hybridized carbons (Fsp3) is 0.333. The lowest BCUT2D eigenvalue weighted by atomic mass is 10.2. The van der Waals surface area contributed by atoms with Crippen LogP contribution in [-0.2, 0) is 6.54 Å². The third-order valence-corrected chi connectivity index (χ3v) is 3.75. The molecular weight excluding hydrogens is 343 g/mol. The number of halogens is 2. The molecule has 2 N–H and O–H groups in total. The van der Waals surface area contributed by atoms with Gasteiger partial charge in [-0.25, -0.2) is 9.37 Å². The smallest absolute Gasteiger partial charge is 0.191 e. The first-order chi connectivity index (χ1) is 12.1. The summed E-state index contributed by atoms with van der Waals surface area (Å²) in [5.41, 5.74) is 0.996. The van der Waals surface area contributed by atoms with Crippen molar-refractivity contribution in [2.45, 2.75) is 26.0 Å². The van der Waals surface area contributed by atoms with E-state index in [1.165, 1.54) is 12.1 Å². The predicted octanol–water partition coefficient (Wildman–Crippen LogP) is 3.40. The van der Waals surface area contributed by atoms with Crippen molar-refractivity contribution in [1.29, 1.82) is 0 Å². The zero-order chi connectivity index (χ0) is 18.1. The van der Waals surface area contributed by atoms with Crippen molar-refractivity contribution < 1.29 is 9.13 Å². The molecule has 0 radical (unpaired) electrons. The third-order valence-electron chi connectivity index (χ3n) is 3.52. The summed E-state index contributed by atoms with van der Waals surface area (Å²) in [5.74, 6) is 0.856. The maximum atomic E-state index is 13.2. The van der Waals surface area contributed by atoms with Crippen molar-refractivity contribution in [2.75, 3.05) is 13.6 Å². The average molecular weight is 365 g/mol. The molecule has 0 saturated carbocycles. The molecule has 1 atom stereocenters. The van der Waals surface area contributed by atoms with Gasteiger partial charge in [0.1, 0.15) is 22.8 Å². The minimum absolute atomic E-state index is 0.0995. The molecule has 1 aromatic carbocycles. The summed E-state index contributed by atoms with van der Waals surface area (Å²) in [6, 6.07) is 9.79. The van der Waals surface area contributed by atoms with Crippen molar-refractivity contribution in [3.05, 3.63) is 59.1 Å². The second-order valence-corrected chi connectivity index (χ2v) is 5.79. The number of nitrogens with one attached hydrogen (secondary N) is 2. The van der Waals surface area contributed by atoms with Gasteiger partial charge in [0.15, 0.2) is 5.96 Å². The number of pyridine rings is 1. The fourth-order valence-electron chi connectivity index (χ4n) is 2.13. The van der Waals surface area contributed by atoms with Crippen LogP contribution in [0.1, 0.15) is 18.9 Å². The van der Waals surface area contributed by atoms with Crippen molar-refractivity contribution in [2.24, 2.45) is 4.99 Å². The normalized spacial score (nSPS) is 12.6. The van der Waals surface area contributed by atoms with E-state index in [0.29, 0.717) is 30.0 Å². The molecule has 5 nitrogen and oxygen atoms in total. The highest BCUT2D eigenvalue weighted by atomic mass is 35.5. The zero-order valence-corrected chi connectivity index (χ0v) is 15.1. The molecular formula is C18H22ClFN4O. The van der Waals surface area contributed by atoms with E-state index >= 15 is 0 Å². The molecule has 0 aliphatic heterocycles. The van der Waals surface area contributed by atoms with Gasteiger partial charge in [-0.1, -0.05) is 30.7 Å². The second-order valence-electron chi connectivity index (χ2n) is 5.40. The van der Waals surface area contributed by atoms with E-state index < -0.39 is 0 Å². The maximum Gasteiger partial charge on any atom is 0.191 e. The number of hydrogen-bond acceptors (Lipinski definition) is 3. The summed E-state index contributed by atoms with van der Waals surface area (Å²) in [6.45, 7) is 3.14. The molecule has 1 heterocycles. The Morgan fingerprint density at radius 1 is 1.32 bits per heavy atom. The Morgan fingerprint density at radius 2 is 2.16 bits per heavy atom. The van der Waals surface area contributed by atoms with Crippen LogP contribution in [0.25, 0.3) is 0 Å². The Labute approximate surface area is 152 Å². The van der Waals surface area contributed by atoms with E-state index in [9.17, 15) is 4.39 Å². The molecule has 2 rings (SSSR count). The van der Waals surface area contributed by atoms with Crippen LogP contribution in [0.5, 0.6) is 5.75 Å². The molecule has 0 saturated heterocycles. The molecule has 1 unspecified atom stereocenters. The number of ether oxygens (including phenoxy) is 1. The minimum atomic E-state index is -0.311. The number of aliphatic imine (C=N–C) groups is 1. The van der Waals surface area contributed by atoms with Gasteiger partial charge < -0.3 is 15.4 Å². The van der Waals surface area contributed by atoms with E-state index in [2.05, 4.69) is 20.6 Å². The molecule has 0 aliphatic carbocycles. The fourth-order valence-corrected chi connectivity index (χ4v) is 2.24. The van der Waals surface area contributed by atoms with Gasteiger partial charge in [0.25, 0.3) is 0 Å². The summed E-state index contributed by atoms with van der Waals surface area (Å²) in [6.07, 6.45) is 2.39. The number of rotatable bonds is 7. The minimum Gasteiger partial charge on any atom is -0.489 e. The van der Waals surface area contributed by atoms with Gasteiger partial charge in [-0.05, 0) is 30.2 Å². The van der Waals surface area contributed by atoms with Crippen LogP contribution in [0.2, 0.25) is 5.15 Å². The van der Waals surface area contributed by atoms with E-state index in [0.717, 1.165) is 12.0 Å². The van der Waals surface area contributed by atoms with Gasteiger partial charge in [0.05, 0.1) is 6.54 Å². The topological polar surface area (TPSA) is 58.5 Å². The first-order valence-corrected chi connectivity index (χ1v) is 8.45. The van der Waals surface area contributed by atoms with Gasteiger partial charge in [0, 0.05) is 25.9 Å². The Bertz CT molecular complexity index is 694. The Kier molecular flexibility index (Phi) is 7.47. The first-order valence-electron chi connectivity index (χ1n) is 8.08.